The van der Waals surface area contributed by atoms with Crippen molar-refractivity contribution in [3.63, 3.8) is 0 Å². The van der Waals surface area contributed by atoms with Crippen LogP contribution in [0.1, 0.15) is 37.0 Å². The maximum atomic E-state index is 13.6. The molecule has 1 heterocycles. The summed E-state index contributed by atoms with van der Waals surface area (Å²) in [5.41, 5.74) is 0.0844. The Morgan fingerprint density at radius 1 is 1.38 bits per heavy atom. The third kappa shape index (κ3) is 5.85. The number of hydrogen-bond acceptors (Lipinski definition) is 4. The van der Waals surface area contributed by atoms with Crippen molar-refractivity contribution in [3.05, 3.63) is 35.6 Å². The van der Waals surface area contributed by atoms with Crippen molar-refractivity contribution in [2.75, 3.05) is 26.2 Å². The fraction of sp³-hybridized carbons (Fsp3) is 0.611. The van der Waals surface area contributed by atoms with E-state index in [1.807, 2.05) is 13.8 Å². The second-order valence-corrected chi connectivity index (χ2v) is 6.56. The zero-order valence-electron chi connectivity index (χ0n) is 14.4. The molecule has 1 unspecified atom stereocenters. The highest BCUT2D eigenvalue weighted by atomic mass is 19.1. The number of aliphatic hydroxyl groups excluding tert-OH is 1. The molecule has 134 valence electrons. The lowest BCUT2D eigenvalue weighted by atomic mass is 10.0. The number of aliphatic hydroxyl groups is 1. The number of likely N-dealkylation sites (tertiary alicyclic amines) is 1. The first-order valence-corrected chi connectivity index (χ1v) is 8.53. The van der Waals surface area contributed by atoms with E-state index in [2.05, 4.69) is 10.2 Å². The van der Waals surface area contributed by atoms with E-state index < -0.39 is 11.9 Å². The quantitative estimate of drug-likeness (QED) is 0.796. The van der Waals surface area contributed by atoms with Gasteiger partial charge in [-0.3, -0.25) is 4.79 Å². The normalized spacial score (nSPS) is 17.9. The van der Waals surface area contributed by atoms with Crippen molar-refractivity contribution in [3.8, 4) is 0 Å². The number of carbonyl (C=O) groups is 1. The molecule has 2 N–H and O–H groups in total. The maximum absolute atomic E-state index is 13.6. The Labute approximate surface area is 142 Å². The third-order valence-corrected chi connectivity index (χ3v) is 4.13. The van der Waals surface area contributed by atoms with Crippen LogP contribution in [0, 0.1) is 5.82 Å². The first-order valence-electron chi connectivity index (χ1n) is 8.53. The Morgan fingerprint density at radius 2 is 2.04 bits per heavy atom. The molecule has 0 spiro atoms. The highest BCUT2D eigenvalue weighted by molar-refractivity contribution is 5.94. The molecule has 1 atom stereocenters. The molecule has 0 aliphatic carbocycles. The number of carbonyl (C=O) groups excluding carboxylic acids is 1. The molecule has 5 nitrogen and oxygen atoms in total. The molecule has 24 heavy (non-hydrogen) atoms. The van der Waals surface area contributed by atoms with Crippen LogP contribution >= 0.6 is 0 Å². The lowest BCUT2D eigenvalue weighted by Crippen LogP contribution is -2.47. The predicted molar refractivity (Wildman–Crippen MR) is 90.4 cm³/mol. The number of ether oxygens (including phenoxy) is 1. The molecule has 1 amide bonds. The minimum Gasteiger partial charge on any atom is -0.389 e. The summed E-state index contributed by atoms with van der Waals surface area (Å²) in [6.07, 6.45) is 1.19. The smallest absolute Gasteiger partial charge is 0.254 e. The first kappa shape index (κ1) is 18.8. The first-order chi connectivity index (χ1) is 11.5. The Hall–Kier alpha value is -1.50. The van der Waals surface area contributed by atoms with Gasteiger partial charge >= 0.3 is 0 Å². The largest absolute Gasteiger partial charge is 0.389 e. The van der Waals surface area contributed by atoms with Crippen molar-refractivity contribution < 1.29 is 19.0 Å². The van der Waals surface area contributed by atoms with E-state index in [-0.39, 0.29) is 23.6 Å². The van der Waals surface area contributed by atoms with E-state index in [4.69, 9.17) is 4.74 Å². The molecule has 0 saturated carbocycles. The molecular weight excluding hydrogens is 311 g/mol. The van der Waals surface area contributed by atoms with Gasteiger partial charge in [-0.1, -0.05) is 12.1 Å². The Balaban J connectivity index is 1.73. The molecule has 0 aromatic heterocycles. The molecule has 1 fully saturated rings. The molecule has 2 rings (SSSR count). The Morgan fingerprint density at radius 3 is 2.67 bits per heavy atom. The molecule has 1 aliphatic rings. The summed E-state index contributed by atoms with van der Waals surface area (Å²) in [6.45, 7) is 6.37. The number of nitrogens with zero attached hydrogens (tertiary/aromatic N) is 1. The third-order valence-electron chi connectivity index (χ3n) is 4.13. The van der Waals surface area contributed by atoms with Gasteiger partial charge in [0.05, 0.1) is 24.4 Å². The molecule has 6 heteroatoms. The van der Waals surface area contributed by atoms with E-state index >= 15 is 0 Å². The minimum absolute atomic E-state index is 0.0393. The number of β-amino-alcohol motifs (C(OH)–C–C–N with tert-alkyl or cyclic N) is 1. The van der Waals surface area contributed by atoms with Crippen molar-refractivity contribution >= 4 is 5.91 Å². The zero-order valence-corrected chi connectivity index (χ0v) is 14.4. The van der Waals surface area contributed by atoms with Crippen molar-refractivity contribution in [1.29, 1.82) is 0 Å². The highest BCUT2D eigenvalue weighted by Crippen LogP contribution is 2.13. The van der Waals surface area contributed by atoms with Crippen LogP contribution < -0.4 is 5.32 Å². The topological polar surface area (TPSA) is 61.8 Å². The van der Waals surface area contributed by atoms with Gasteiger partial charge < -0.3 is 20.1 Å². The predicted octanol–water partition coefficient (Wildman–Crippen LogP) is 1.81. The van der Waals surface area contributed by atoms with Crippen LogP contribution in [0.3, 0.4) is 0 Å². The second-order valence-electron chi connectivity index (χ2n) is 6.56. The Kier molecular flexibility index (Phi) is 7.15. The number of hydrogen-bond donors (Lipinski definition) is 2. The molecule has 0 bridgehead atoms. The number of nitrogens with one attached hydrogen (secondary N) is 1. The molecular formula is C18H27FN2O3. The van der Waals surface area contributed by atoms with Crippen LogP contribution in [0.15, 0.2) is 24.3 Å². The summed E-state index contributed by atoms with van der Waals surface area (Å²) in [5.74, 6) is -0.863. The van der Waals surface area contributed by atoms with Crippen LogP contribution in [-0.2, 0) is 4.74 Å². The zero-order chi connectivity index (χ0) is 17.5. The van der Waals surface area contributed by atoms with Crippen molar-refractivity contribution in [2.24, 2.45) is 0 Å². The summed E-state index contributed by atoms with van der Waals surface area (Å²) in [4.78, 5) is 14.3. The van der Waals surface area contributed by atoms with Gasteiger partial charge in [-0.15, -0.1) is 0 Å². The molecule has 1 aliphatic heterocycles. The SMILES string of the molecule is CC(C)OCC(O)CN1CCC(NC(=O)c2ccccc2F)CC1. The number of piperidine rings is 1. The fourth-order valence-corrected chi connectivity index (χ4v) is 2.82. The monoisotopic (exact) mass is 338 g/mol. The van der Waals surface area contributed by atoms with Gasteiger partial charge in [0.25, 0.3) is 5.91 Å². The van der Waals surface area contributed by atoms with E-state index in [1.54, 1.807) is 12.1 Å². The molecule has 1 saturated heterocycles. The van der Waals surface area contributed by atoms with Gasteiger partial charge in [0, 0.05) is 25.7 Å². The van der Waals surface area contributed by atoms with Crippen molar-refractivity contribution in [1.82, 2.24) is 10.2 Å². The van der Waals surface area contributed by atoms with Crippen LogP contribution in [0.25, 0.3) is 0 Å². The van der Waals surface area contributed by atoms with Gasteiger partial charge in [-0.25, -0.2) is 4.39 Å². The average Bonchev–Trinajstić information content (AvgIpc) is 2.55. The maximum Gasteiger partial charge on any atom is 0.254 e. The van der Waals surface area contributed by atoms with E-state index in [1.165, 1.54) is 12.1 Å². The van der Waals surface area contributed by atoms with Crippen LogP contribution in [0.4, 0.5) is 4.39 Å². The number of rotatable bonds is 7. The standard InChI is InChI=1S/C18H27FN2O3/c1-13(2)24-12-15(22)11-21-9-7-14(8-10-21)20-18(23)16-5-3-4-6-17(16)19/h3-6,13-15,22H,7-12H2,1-2H3,(H,20,23). The summed E-state index contributed by atoms with van der Waals surface area (Å²) in [6, 6.07) is 6.04. The lowest BCUT2D eigenvalue weighted by molar-refractivity contribution is -0.0114. The summed E-state index contributed by atoms with van der Waals surface area (Å²) < 4.78 is 19.0. The van der Waals surface area contributed by atoms with E-state index in [0.29, 0.717) is 13.2 Å². The van der Waals surface area contributed by atoms with Gasteiger partial charge in [-0.05, 0) is 38.8 Å². The number of halogens is 1. The van der Waals surface area contributed by atoms with Crippen molar-refractivity contribution in [2.45, 2.75) is 44.9 Å². The average molecular weight is 338 g/mol. The van der Waals surface area contributed by atoms with Crippen LogP contribution in [-0.4, -0.2) is 60.4 Å². The van der Waals surface area contributed by atoms with Gasteiger partial charge in [0.2, 0.25) is 0 Å². The van der Waals surface area contributed by atoms with Gasteiger partial charge in [-0.2, -0.15) is 0 Å². The molecule has 1 aromatic rings. The van der Waals surface area contributed by atoms with E-state index in [9.17, 15) is 14.3 Å². The molecule has 1 aromatic carbocycles. The fourth-order valence-electron chi connectivity index (χ4n) is 2.82. The summed E-state index contributed by atoms with van der Waals surface area (Å²) in [5, 5.41) is 12.9. The summed E-state index contributed by atoms with van der Waals surface area (Å²) in [7, 11) is 0. The minimum atomic E-state index is -0.503. The summed E-state index contributed by atoms with van der Waals surface area (Å²) >= 11 is 0. The van der Waals surface area contributed by atoms with Crippen LogP contribution in [0.2, 0.25) is 0 Å². The number of amides is 1. The Bertz CT molecular complexity index is 531. The van der Waals surface area contributed by atoms with E-state index in [0.717, 1.165) is 25.9 Å². The highest BCUT2D eigenvalue weighted by Gasteiger charge is 2.23. The van der Waals surface area contributed by atoms with Gasteiger partial charge in [0.15, 0.2) is 0 Å². The van der Waals surface area contributed by atoms with Crippen LogP contribution in [0.5, 0.6) is 0 Å². The molecule has 0 radical (unpaired) electrons. The second kappa shape index (κ2) is 9.11. The van der Waals surface area contributed by atoms with Gasteiger partial charge in [0.1, 0.15) is 5.82 Å². The lowest BCUT2D eigenvalue weighted by Gasteiger charge is -2.33. The number of benzene rings is 1.